The molecule has 1 N–H and O–H groups in total. The number of para-hydroxylation sites is 1. The van der Waals surface area contributed by atoms with Crippen LogP contribution < -0.4 is 15.0 Å². The van der Waals surface area contributed by atoms with Gasteiger partial charge in [0.1, 0.15) is 11.3 Å². The van der Waals surface area contributed by atoms with Crippen LogP contribution in [0.1, 0.15) is 11.1 Å². The van der Waals surface area contributed by atoms with Crippen molar-refractivity contribution in [3.63, 3.8) is 0 Å². The molecule has 4 rings (SSSR count). The number of aromatic nitrogens is 1. The van der Waals surface area contributed by atoms with Crippen LogP contribution in [0.15, 0.2) is 36.4 Å². The summed E-state index contributed by atoms with van der Waals surface area (Å²) >= 11 is 1.66. The number of benzene rings is 2. The second-order valence-corrected chi connectivity index (χ2v) is 8.02. The van der Waals surface area contributed by atoms with Crippen molar-refractivity contribution in [2.45, 2.75) is 13.8 Å². The molecule has 0 radical (unpaired) electrons. The Kier molecular flexibility index (Phi) is 5.09. The number of hydrogen-bond acceptors (Lipinski definition) is 5. The molecule has 1 aliphatic rings. The molecule has 2 aromatic carbocycles. The number of carbonyl (C=O) groups is 1. The molecule has 146 valence electrons. The van der Waals surface area contributed by atoms with E-state index in [0.717, 1.165) is 39.9 Å². The molecule has 0 bridgehead atoms. The number of aryl methyl sites for hydroxylation is 2. The molecule has 2 amide bonds. The predicted octanol–water partition coefficient (Wildman–Crippen LogP) is 4.28. The number of nitrogens with one attached hydrogen (secondary N) is 1. The van der Waals surface area contributed by atoms with Gasteiger partial charge in [0, 0.05) is 31.9 Å². The maximum atomic E-state index is 12.6. The number of amides is 2. The summed E-state index contributed by atoms with van der Waals surface area (Å²) in [5.74, 6) is 0.798. The highest BCUT2D eigenvalue weighted by molar-refractivity contribution is 7.22. The lowest BCUT2D eigenvalue weighted by molar-refractivity contribution is 0.208. The first-order valence-electron chi connectivity index (χ1n) is 9.37. The van der Waals surface area contributed by atoms with E-state index in [2.05, 4.69) is 30.1 Å². The van der Waals surface area contributed by atoms with E-state index in [1.165, 1.54) is 11.1 Å². The molecule has 6 nitrogen and oxygen atoms in total. The number of rotatable bonds is 3. The average molecular weight is 397 g/mol. The first kappa shape index (κ1) is 18.6. The Labute approximate surface area is 168 Å². The molecular formula is C21H24N4O2S. The fourth-order valence-corrected chi connectivity index (χ4v) is 4.37. The Morgan fingerprint density at radius 3 is 2.61 bits per heavy atom. The van der Waals surface area contributed by atoms with Gasteiger partial charge < -0.3 is 19.9 Å². The van der Waals surface area contributed by atoms with Gasteiger partial charge in [-0.15, -0.1) is 0 Å². The number of anilines is 2. The lowest BCUT2D eigenvalue weighted by Gasteiger charge is -2.34. The number of hydrogen-bond donors (Lipinski definition) is 1. The molecule has 0 atom stereocenters. The van der Waals surface area contributed by atoms with Gasteiger partial charge in [-0.2, -0.15) is 0 Å². The van der Waals surface area contributed by atoms with Gasteiger partial charge in [0.05, 0.1) is 11.8 Å². The van der Waals surface area contributed by atoms with Crippen LogP contribution in [0.4, 0.5) is 15.6 Å². The van der Waals surface area contributed by atoms with Crippen molar-refractivity contribution in [2.75, 3.05) is 43.5 Å². The summed E-state index contributed by atoms with van der Waals surface area (Å²) in [5, 5.41) is 3.99. The van der Waals surface area contributed by atoms with Crippen molar-refractivity contribution >= 4 is 38.4 Å². The second kappa shape index (κ2) is 7.67. The van der Waals surface area contributed by atoms with Crippen molar-refractivity contribution in [1.82, 2.24) is 9.88 Å². The Morgan fingerprint density at radius 1 is 1.11 bits per heavy atom. The number of methoxy groups -OCH3 is 1. The van der Waals surface area contributed by atoms with Gasteiger partial charge in [0.25, 0.3) is 0 Å². The Bertz CT molecular complexity index is 1010. The minimum atomic E-state index is -0.0473. The standard InChI is InChI=1S/C21H24N4O2S/c1-14-7-8-16(13-15(14)2)22-20(26)24-9-11-25(12-10-24)21-23-19-17(27-3)5-4-6-18(19)28-21/h4-8,13H,9-12H2,1-3H3,(H,22,26). The summed E-state index contributed by atoms with van der Waals surface area (Å²) in [6.45, 7) is 6.99. The average Bonchev–Trinajstić information content (AvgIpc) is 3.15. The monoisotopic (exact) mass is 396 g/mol. The van der Waals surface area contributed by atoms with Gasteiger partial charge in [0.2, 0.25) is 0 Å². The quantitative estimate of drug-likeness (QED) is 0.718. The zero-order valence-electron chi connectivity index (χ0n) is 16.4. The van der Waals surface area contributed by atoms with Crippen LogP contribution in [-0.4, -0.2) is 49.2 Å². The fraction of sp³-hybridized carbons (Fsp3) is 0.333. The minimum absolute atomic E-state index is 0.0473. The SMILES string of the molecule is COc1cccc2sc(N3CCN(C(=O)Nc4ccc(C)c(C)c4)CC3)nc12. The second-order valence-electron chi connectivity index (χ2n) is 7.01. The third-order valence-corrected chi connectivity index (χ3v) is 6.27. The summed E-state index contributed by atoms with van der Waals surface area (Å²) < 4.78 is 6.53. The number of nitrogens with zero attached hydrogens (tertiary/aromatic N) is 3. The molecular weight excluding hydrogens is 372 g/mol. The van der Waals surface area contributed by atoms with Gasteiger partial charge in [0.15, 0.2) is 5.13 Å². The molecule has 1 saturated heterocycles. The highest BCUT2D eigenvalue weighted by Gasteiger charge is 2.23. The van der Waals surface area contributed by atoms with E-state index in [1.54, 1.807) is 18.4 Å². The van der Waals surface area contributed by atoms with Crippen molar-refractivity contribution in [1.29, 1.82) is 0 Å². The topological polar surface area (TPSA) is 57.7 Å². The van der Waals surface area contributed by atoms with E-state index in [-0.39, 0.29) is 6.03 Å². The molecule has 7 heteroatoms. The van der Waals surface area contributed by atoms with Crippen LogP contribution in [0.5, 0.6) is 5.75 Å². The van der Waals surface area contributed by atoms with Crippen molar-refractivity contribution < 1.29 is 9.53 Å². The molecule has 2 heterocycles. The summed E-state index contributed by atoms with van der Waals surface area (Å²) in [7, 11) is 1.67. The fourth-order valence-electron chi connectivity index (χ4n) is 3.33. The summed E-state index contributed by atoms with van der Waals surface area (Å²) in [5.41, 5.74) is 4.14. The van der Waals surface area contributed by atoms with Crippen molar-refractivity contribution in [3.8, 4) is 5.75 Å². The number of piperazine rings is 1. The Hall–Kier alpha value is -2.80. The van der Waals surface area contributed by atoms with Crippen LogP contribution in [0.3, 0.4) is 0 Å². The zero-order valence-corrected chi connectivity index (χ0v) is 17.2. The van der Waals surface area contributed by atoms with Crippen molar-refractivity contribution in [2.24, 2.45) is 0 Å². The van der Waals surface area contributed by atoms with Crippen LogP contribution >= 0.6 is 11.3 Å². The lowest BCUT2D eigenvalue weighted by Crippen LogP contribution is -2.50. The normalized spacial score (nSPS) is 14.4. The lowest BCUT2D eigenvalue weighted by atomic mass is 10.1. The van der Waals surface area contributed by atoms with E-state index in [4.69, 9.17) is 9.72 Å². The number of fused-ring (bicyclic) bond motifs is 1. The van der Waals surface area contributed by atoms with Crippen LogP contribution in [0, 0.1) is 13.8 Å². The minimum Gasteiger partial charge on any atom is -0.494 e. The Balaban J connectivity index is 1.40. The molecule has 1 aromatic heterocycles. The summed E-state index contributed by atoms with van der Waals surface area (Å²) in [4.78, 5) is 21.5. The highest BCUT2D eigenvalue weighted by atomic mass is 32.1. The maximum Gasteiger partial charge on any atom is 0.321 e. The highest BCUT2D eigenvalue weighted by Crippen LogP contribution is 2.34. The molecule has 1 fully saturated rings. The first-order chi connectivity index (χ1) is 13.5. The van der Waals surface area contributed by atoms with Gasteiger partial charge in [-0.1, -0.05) is 23.5 Å². The molecule has 28 heavy (non-hydrogen) atoms. The van der Waals surface area contributed by atoms with E-state index >= 15 is 0 Å². The largest absolute Gasteiger partial charge is 0.494 e. The molecule has 0 unspecified atom stereocenters. The zero-order chi connectivity index (χ0) is 19.7. The summed E-state index contributed by atoms with van der Waals surface area (Å²) in [6.07, 6.45) is 0. The molecule has 3 aromatic rings. The smallest absolute Gasteiger partial charge is 0.321 e. The van der Waals surface area contributed by atoms with Crippen molar-refractivity contribution in [3.05, 3.63) is 47.5 Å². The van der Waals surface area contributed by atoms with Gasteiger partial charge >= 0.3 is 6.03 Å². The van der Waals surface area contributed by atoms with Gasteiger partial charge in [-0.3, -0.25) is 0 Å². The number of thiazole rings is 1. The molecule has 0 spiro atoms. The third kappa shape index (κ3) is 3.62. The Morgan fingerprint density at radius 2 is 1.89 bits per heavy atom. The van der Waals surface area contributed by atoms with E-state index in [9.17, 15) is 4.79 Å². The van der Waals surface area contributed by atoms with Crippen LogP contribution in [0.2, 0.25) is 0 Å². The third-order valence-electron chi connectivity index (χ3n) is 5.19. The summed E-state index contributed by atoms with van der Waals surface area (Å²) in [6, 6.07) is 11.9. The number of carbonyl (C=O) groups excluding carboxylic acids is 1. The first-order valence-corrected chi connectivity index (χ1v) is 10.2. The maximum absolute atomic E-state index is 12.6. The molecule has 0 aliphatic carbocycles. The number of urea groups is 1. The van der Waals surface area contributed by atoms with E-state index in [1.807, 2.05) is 35.2 Å². The van der Waals surface area contributed by atoms with Crippen LogP contribution in [-0.2, 0) is 0 Å². The predicted molar refractivity (Wildman–Crippen MR) is 115 cm³/mol. The molecule has 0 saturated carbocycles. The molecule has 1 aliphatic heterocycles. The van der Waals surface area contributed by atoms with Gasteiger partial charge in [-0.25, -0.2) is 9.78 Å². The van der Waals surface area contributed by atoms with E-state index in [0.29, 0.717) is 13.1 Å². The van der Waals surface area contributed by atoms with Gasteiger partial charge in [-0.05, 0) is 49.2 Å². The van der Waals surface area contributed by atoms with E-state index < -0.39 is 0 Å². The number of ether oxygens (including phenoxy) is 1. The van der Waals surface area contributed by atoms with Crippen LogP contribution in [0.25, 0.3) is 10.2 Å².